The van der Waals surface area contributed by atoms with Crippen molar-refractivity contribution in [2.45, 2.75) is 37.6 Å². The summed E-state index contributed by atoms with van der Waals surface area (Å²) in [6.07, 6.45) is 9.20. The first-order chi connectivity index (χ1) is 13.7. The van der Waals surface area contributed by atoms with Gasteiger partial charge in [-0.15, -0.1) is 0 Å². The lowest BCUT2D eigenvalue weighted by molar-refractivity contribution is 0.0724. The van der Waals surface area contributed by atoms with Crippen molar-refractivity contribution < 1.29 is 4.79 Å². The second kappa shape index (κ2) is 7.40. The van der Waals surface area contributed by atoms with Gasteiger partial charge in [0.2, 0.25) is 0 Å². The zero-order valence-corrected chi connectivity index (χ0v) is 17.5. The van der Waals surface area contributed by atoms with Gasteiger partial charge >= 0.3 is 0 Å². The Balaban J connectivity index is 1.47. The summed E-state index contributed by atoms with van der Waals surface area (Å²) in [7, 11) is 0. The molecule has 0 saturated carbocycles. The number of rotatable bonds is 2. The summed E-state index contributed by atoms with van der Waals surface area (Å²) in [4.78, 5) is 15.0. The molecule has 3 unspecified atom stereocenters. The Morgan fingerprint density at radius 3 is 2.61 bits per heavy atom. The molecule has 1 aliphatic carbocycles. The molecular formula is C24H25BrN2O. The second-order valence-corrected chi connectivity index (χ2v) is 9.10. The van der Waals surface area contributed by atoms with Crippen LogP contribution in [-0.4, -0.2) is 23.9 Å². The third kappa shape index (κ3) is 3.18. The lowest BCUT2D eigenvalue weighted by Crippen LogP contribution is -2.36. The minimum atomic E-state index is 0.191. The summed E-state index contributed by atoms with van der Waals surface area (Å²) in [5.41, 5.74) is 4.59. The number of likely N-dealkylation sites (tertiary alicyclic amines) is 1. The van der Waals surface area contributed by atoms with E-state index < -0.39 is 0 Å². The van der Waals surface area contributed by atoms with Crippen LogP contribution >= 0.6 is 15.9 Å². The minimum absolute atomic E-state index is 0.191. The summed E-state index contributed by atoms with van der Waals surface area (Å²) >= 11 is 3.54. The summed E-state index contributed by atoms with van der Waals surface area (Å²) in [6.45, 7) is 1.79. The molecule has 1 saturated heterocycles. The van der Waals surface area contributed by atoms with E-state index in [1.54, 1.807) is 0 Å². The molecule has 3 aliphatic rings. The third-order valence-electron chi connectivity index (χ3n) is 6.48. The van der Waals surface area contributed by atoms with Crippen molar-refractivity contribution in [3.63, 3.8) is 0 Å². The van der Waals surface area contributed by atoms with Gasteiger partial charge in [0.25, 0.3) is 5.91 Å². The number of amides is 1. The number of piperidine rings is 1. The van der Waals surface area contributed by atoms with Gasteiger partial charge in [-0.25, -0.2) is 0 Å². The number of halogens is 1. The number of nitrogens with zero attached hydrogens (tertiary/aromatic N) is 1. The first-order valence-electron chi connectivity index (χ1n) is 10.3. The molecule has 1 amide bonds. The highest BCUT2D eigenvalue weighted by Gasteiger charge is 2.38. The predicted molar refractivity (Wildman–Crippen MR) is 117 cm³/mol. The van der Waals surface area contributed by atoms with Crippen molar-refractivity contribution in [3.8, 4) is 0 Å². The number of allylic oxidation sites excluding steroid dienone is 2. The van der Waals surface area contributed by atoms with E-state index in [9.17, 15) is 4.79 Å². The summed E-state index contributed by atoms with van der Waals surface area (Å²) in [5.74, 6) is 1.06. The Morgan fingerprint density at radius 1 is 1.04 bits per heavy atom. The van der Waals surface area contributed by atoms with Crippen LogP contribution in [0, 0.1) is 5.92 Å². The fraction of sp³-hybridized carbons (Fsp3) is 0.375. The first kappa shape index (κ1) is 18.0. The highest BCUT2D eigenvalue weighted by Crippen LogP contribution is 2.50. The van der Waals surface area contributed by atoms with E-state index in [0.29, 0.717) is 17.9 Å². The molecule has 2 heterocycles. The van der Waals surface area contributed by atoms with E-state index in [4.69, 9.17) is 0 Å². The quantitative estimate of drug-likeness (QED) is 0.594. The highest BCUT2D eigenvalue weighted by atomic mass is 79.9. The Kier molecular flexibility index (Phi) is 4.75. The number of anilines is 1. The van der Waals surface area contributed by atoms with Crippen LogP contribution in [0.15, 0.2) is 59.1 Å². The van der Waals surface area contributed by atoms with Crippen LogP contribution in [0.3, 0.4) is 0 Å². The molecule has 3 nitrogen and oxygen atoms in total. The van der Waals surface area contributed by atoms with Gasteiger partial charge in [0.15, 0.2) is 0 Å². The molecule has 5 rings (SSSR count). The normalized spacial score (nSPS) is 25.8. The zero-order chi connectivity index (χ0) is 19.1. The lowest BCUT2D eigenvalue weighted by atomic mass is 9.76. The van der Waals surface area contributed by atoms with Crippen molar-refractivity contribution in [2.24, 2.45) is 5.92 Å². The van der Waals surface area contributed by atoms with E-state index >= 15 is 0 Å². The van der Waals surface area contributed by atoms with Crippen molar-refractivity contribution in [2.75, 3.05) is 18.4 Å². The molecule has 0 bridgehead atoms. The average molecular weight is 437 g/mol. The summed E-state index contributed by atoms with van der Waals surface area (Å²) in [5, 5.41) is 3.77. The van der Waals surface area contributed by atoms with Crippen LogP contribution in [0.5, 0.6) is 0 Å². The first-order valence-corrected chi connectivity index (χ1v) is 11.1. The molecule has 3 atom stereocenters. The van der Waals surface area contributed by atoms with Crippen LogP contribution in [0.25, 0.3) is 0 Å². The van der Waals surface area contributed by atoms with Crippen molar-refractivity contribution in [1.29, 1.82) is 0 Å². The highest BCUT2D eigenvalue weighted by molar-refractivity contribution is 9.10. The molecule has 0 aromatic heterocycles. The van der Waals surface area contributed by atoms with Gasteiger partial charge in [-0.1, -0.05) is 40.2 Å². The maximum atomic E-state index is 13.0. The fourth-order valence-electron chi connectivity index (χ4n) is 5.01. The maximum Gasteiger partial charge on any atom is 0.253 e. The van der Waals surface area contributed by atoms with Crippen LogP contribution < -0.4 is 5.32 Å². The van der Waals surface area contributed by atoms with Crippen LogP contribution in [0.4, 0.5) is 5.69 Å². The Bertz CT molecular complexity index is 915. The molecule has 2 aromatic rings. The molecule has 2 aromatic carbocycles. The van der Waals surface area contributed by atoms with Gasteiger partial charge in [0.05, 0.1) is 6.04 Å². The van der Waals surface area contributed by atoms with Gasteiger partial charge in [-0.3, -0.25) is 4.79 Å². The fourth-order valence-corrected chi connectivity index (χ4v) is 5.27. The molecule has 28 heavy (non-hydrogen) atoms. The van der Waals surface area contributed by atoms with Crippen LogP contribution in [-0.2, 0) is 0 Å². The molecule has 0 spiro atoms. The van der Waals surface area contributed by atoms with E-state index in [0.717, 1.165) is 48.1 Å². The van der Waals surface area contributed by atoms with E-state index in [-0.39, 0.29) is 5.91 Å². The van der Waals surface area contributed by atoms with E-state index in [2.05, 4.69) is 69.8 Å². The number of fused-ring (bicyclic) bond motifs is 3. The Hall–Kier alpha value is -2.07. The minimum Gasteiger partial charge on any atom is -0.378 e. The largest absolute Gasteiger partial charge is 0.378 e. The van der Waals surface area contributed by atoms with Crippen molar-refractivity contribution >= 4 is 27.5 Å². The van der Waals surface area contributed by atoms with Crippen LogP contribution in [0.2, 0.25) is 0 Å². The summed E-state index contributed by atoms with van der Waals surface area (Å²) in [6, 6.07) is 15.2. The maximum absolute atomic E-state index is 13.0. The Morgan fingerprint density at radius 2 is 1.82 bits per heavy atom. The van der Waals surface area contributed by atoms with Crippen LogP contribution in [0.1, 0.15) is 59.1 Å². The number of benzene rings is 2. The third-order valence-corrected chi connectivity index (χ3v) is 7.01. The SMILES string of the molecule is O=C(c1ccc2c(c1)C1C=CCC1C(c1ccc(Br)cc1)N2)N1CCCCC1. The monoisotopic (exact) mass is 436 g/mol. The number of hydrogen-bond donors (Lipinski definition) is 1. The van der Waals surface area contributed by atoms with E-state index in [1.807, 2.05) is 11.0 Å². The van der Waals surface area contributed by atoms with Crippen molar-refractivity contribution in [3.05, 3.63) is 75.8 Å². The Labute approximate surface area is 174 Å². The topological polar surface area (TPSA) is 32.3 Å². The standard InChI is InChI=1S/C24H25BrN2O/c25-18-10-7-16(8-11-18)23-20-6-4-5-19(20)21-15-17(9-12-22(21)26-23)24(28)27-13-2-1-3-14-27/h4-5,7-12,15,19-20,23,26H,1-3,6,13-14H2. The number of hydrogen-bond acceptors (Lipinski definition) is 2. The van der Waals surface area contributed by atoms with E-state index in [1.165, 1.54) is 17.5 Å². The number of carbonyl (C=O) groups excluding carboxylic acids is 1. The van der Waals surface area contributed by atoms with Gasteiger partial charge < -0.3 is 10.2 Å². The molecule has 1 fully saturated rings. The summed E-state index contributed by atoms with van der Waals surface area (Å²) < 4.78 is 1.11. The molecular weight excluding hydrogens is 412 g/mol. The number of nitrogens with one attached hydrogen (secondary N) is 1. The predicted octanol–water partition coefficient (Wildman–Crippen LogP) is 5.90. The van der Waals surface area contributed by atoms with Gasteiger partial charge in [0.1, 0.15) is 0 Å². The zero-order valence-electron chi connectivity index (χ0n) is 15.9. The smallest absolute Gasteiger partial charge is 0.253 e. The van der Waals surface area contributed by atoms with Gasteiger partial charge in [0, 0.05) is 34.7 Å². The molecule has 144 valence electrons. The van der Waals surface area contributed by atoms with Gasteiger partial charge in [-0.05, 0) is 73.1 Å². The molecule has 2 aliphatic heterocycles. The average Bonchev–Trinajstić information content (AvgIpc) is 3.24. The lowest BCUT2D eigenvalue weighted by Gasteiger charge is -2.38. The van der Waals surface area contributed by atoms with Crippen molar-refractivity contribution in [1.82, 2.24) is 4.90 Å². The number of carbonyl (C=O) groups is 1. The molecule has 1 N–H and O–H groups in total. The van der Waals surface area contributed by atoms with Gasteiger partial charge in [-0.2, -0.15) is 0 Å². The second-order valence-electron chi connectivity index (χ2n) is 8.18. The molecule has 0 radical (unpaired) electrons. The molecule has 4 heteroatoms.